The summed E-state index contributed by atoms with van der Waals surface area (Å²) >= 11 is 0.348. The van der Waals surface area contributed by atoms with E-state index >= 15 is 0 Å². The van der Waals surface area contributed by atoms with Gasteiger partial charge in [0.05, 0.1) is 0 Å². The number of nitrogens with two attached hydrogens (primary N) is 1. The molecule has 8 heteroatoms. The number of rotatable bonds is 4. The lowest BCUT2D eigenvalue weighted by atomic mass is 10.3. The fourth-order valence-corrected chi connectivity index (χ4v) is 1.37. The third kappa shape index (κ3) is 5.21. The molecule has 0 saturated carbocycles. The highest BCUT2D eigenvalue weighted by Gasteiger charge is 2.07. The lowest BCUT2D eigenvalue weighted by molar-refractivity contribution is -0.139. The van der Waals surface area contributed by atoms with E-state index in [0.29, 0.717) is 23.2 Å². The zero-order valence-electron chi connectivity index (χ0n) is 9.08. The van der Waals surface area contributed by atoms with Gasteiger partial charge in [-0.15, -0.1) is 0 Å². The average molecular weight is 270 g/mol. The molecule has 0 atom stereocenters. The first-order chi connectivity index (χ1) is 8.47. The van der Waals surface area contributed by atoms with Crippen LogP contribution in [0, 0.1) is 0 Å². The van der Waals surface area contributed by atoms with Gasteiger partial charge in [0.2, 0.25) is 0 Å². The van der Waals surface area contributed by atoms with Crippen molar-refractivity contribution in [1.29, 1.82) is 0 Å². The average Bonchev–Trinajstić information content (AvgIpc) is 2.26. The number of primary amides is 1. The molecule has 0 aliphatic carbocycles. The Morgan fingerprint density at radius 2 is 1.89 bits per heavy atom. The lowest BCUT2D eigenvalue weighted by Crippen LogP contribution is -2.12. The molecule has 1 aromatic rings. The second kappa shape index (κ2) is 6.50. The Morgan fingerprint density at radius 3 is 2.39 bits per heavy atom. The normalized spacial score (nSPS) is 9.56. The molecule has 1 aromatic carbocycles. The molecule has 7 nitrogen and oxygen atoms in total. The van der Waals surface area contributed by atoms with Crippen molar-refractivity contribution >= 4 is 33.9 Å². The molecule has 96 valence electrons. The summed E-state index contributed by atoms with van der Waals surface area (Å²) in [6.45, 7) is -0.441. The molecular formula is C10H10N2O5S. The summed E-state index contributed by atoms with van der Waals surface area (Å²) in [5.41, 5.74) is 5.27. The van der Waals surface area contributed by atoms with Gasteiger partial charge < -0.3 is 20.9 Å². The summed E-state index contributed by atoms with van der Waals surface area (Å²) in [5.74, 6) is -0.719. The van der Waals surface area contributed by atoms with Gasteiger partial charge >= 0.3 is 5.97 Å². The maximum atomic E-state index is 11.2. The number of carbonyl (C=O) groups excluding carboxylic acids is 2. The first kappa shape index (κ1) is 13.8. The Labute approximate surface area is 106 Å². The number of ether oxygens (including phenoxy) is 1. The summed E-state index contributed by atoms with van der Waals surface area (Å²) in [5, 5.41) is 9.43. The minimum atomic E-state index is -1.08. The maximum Gasteiger partial charge on any atom is 0.341 e. The smallest absolute Gasteiger partial charge is 0.341 e. The van der Waals surface area contributed by atoms with Crippen LogP contribution in [0.25, 0.3) is 0 Å². The lowest BCUT2D eigenvalue weighted by Gasteiger charge is -2.05. The van der Waals surface area contributed by atoms with E-state index in [4.69, 9.17) is 15.6 Å². The number of aliphatic carboxylic acids is 1. The van der Waals surface area contributed by atoms with E-state index in [-0.39, 0.29) is 0 Å². The molecule has 0 radical (unpaired) electrons. The quantitative estimate of drug-likeness (QED) is 0.762. The van der Waals surface area contributed by atoms with E-state index in [1.807, 2.05) is 0 Å². The molecule has 0 aliphatic rings. The van der Waals surface area contributed by atoms with Gasteiger partial charge in [0.1, 0.15) is 5.75 Å². The summed E-state index contributed by atoms with van der Waals surface area (Å²) in [6.07, 6.45) is 0. The fourth-order valence-electron chi connectivity index (χ4n) is 1.01. The first-order valence-electron chi connectivity index (χ1n) is 4.70. The Balaban J connectivity index is 2.52. The van der Waals surface area contributed by atoms with Crippen molar-refractivity contribution in [2.75, 3.05) is 11.9 Å². The molecule has 18 heavy (non-hydrogen) atoms. The molecule has 0 unspecified atom stereocenters. The Hall–Kier alpha value is -2.22. The zero-order valence-corrected chi connectivity index (χ0v) is 9.90. The summed E-state index contributed by atoms with van der Waals surface area (Å²) in [7, 11) is 0. The molecule has 0 aromatic heterocycles. The largest absolute Gasteiger partial charge is 0.482 e. The topological polar surface area (TPSA) is 119 Å². The van der Waals surface area contributed by atoms with E-state index in [2.05, 4.69) is 5.32 Å². The third-order valence-corrected chi connectivity index (χ3v) is 2.14. The van der Waals surface area contributed by atoms with Crippen LogP contribution in [0.15, 0.2) is 24.3 Å². The Bertz CT molecular complexity index is 460. The molecule has 0 aliphatic heterocycles. The number of thioether (sulfide) groups is 1. The molecule has 0 bridgehead atoms. The fraction of sp³-hybridized carbons (Fsp3) is 0.100. The SMILES string of the molecule is NC(=O)SC(=O)Nc1ccc(OCC(=O)O)cc1. The van der Waals surface area contributed by atoms with Crippen molar-refractivity contribution in [3.05, 3.63) is 24.3 Å². The molecule has 4 N–H and O–H groups in total. The van der Waals surface area contributed by atoms with Gasteiger partial charge in [-0.2, -0.15) is 0 Å². The number of carboxylic acid groups (broad SMARTS) is 1. The molecular weight excluding hydrogens is 260 g/mol. The van der Waals surface area contributed by atoms with Gasteiger partial charge in [-0.25, -0.2) is 4.79 Å². The van der Waals surface area contributed by atoms with Crippen LogP contribution in [-0.4, -0.2) is 28.2 Å². The number of hydrogen-bond donors (Lipinski definition) is 3. The zero-order chi connectivity index (χ0) is 13.5. The number of hydrogen-bond acceptors (Lipinski definition) is 5. The monoisotopic (exact) mass is 270 g/mol. The van der Waals surface area contributed by atoms with Crippen LogP contribution in [0.1, 0.15) is 0 Å². The second-order valence-electron chi connectivity index (χ2n) is 3.04. The van der Waals surface area contributed by atoms with Crippen LogP contribution in [0.3, 0.4) is 0 Å². The van der Waals surface area contributed by atoms with Crippen molar-refractivity contribution in [2.24, 2.45) is 5.73 Å². The van der Waals surface area contributed by atoms with E-state index in [9.17, 15) is 14.4 Å². The number of carbonyl (C=O) groups is 3. The molecule has 2 amide bonds. The molecule has 0 saturated heterocycles. The van der Waals surface area contributed by atoms with Gasteiger partial charge in [-0.1, -0.05) is 0 Å². The first-order valence-corrected chi connectivity index (χ1v) is 5.52. The van der Waals surface area contributed by atoms with Gasteiger partial charge in [-0.3, -0.25) is 9.59 Å². The molecule has 0 spiro atoms. The van der Waals surface area contributed by atoms with Crippen molar-refractivity contribution in [1.82, 2.24) is 0 Å². The molecule has 0 heterocycles. The van der Waals surface area contributed by atoms with Gasteiger partial charge in [0, 0.05) is 17.4 Å². The number of benzene rings is 1. The highest BCUT2D eigenvalue weighted by molar-refractivity contribution is 8.26. The number of carboxylic acids is 1. The highest BCUT2D eigenvalue weighted by atomic mass is 32.2. The summed E-state index contributed by atoms with van der Waals surface area (Å²) in [4.78, 5) is 31.9. The second-order valence-corrected chi connectivity index (χ2v) is 4.02. The van der Waals surface area contributed by atoms with Crippen LogP contribution >= 0.6 is 11.8 Å². The van der Waals surface area contributed by atoms with Crippen LogP contribution in [0.4, 0.5) is 15.3 Å². The highest BCUT2D eigenvalue weighted by Crippen LogP contribution is 2.17. The van der Waals surface area contributed by atoms with Crippen LogP contribution in [0.5, 0.6) is 5.75 Å². The van der Waals surface area contributed by atoms with E-state index in [0.717, 1.165) is 0 Å². The Morgan fingerprint density at radius 1 is 1.28 bits per heavy atom. The predicted molar refractivity (Wildman–Crippen MR) is 65.8 cm³/mol. The van der Waals surface area contributed by atoms with Gasteiger partial charge in [0.15, 0.2) is 6.61 Å². The Kier molecular flexibility index (Phi) is 5.00. The van der Waals surface area contributed by atoms with E-state index in [1.54, 1.807) is 0 Å². The standard InChI is InChI=1S/C10H10N2O5S/c11-9(15)18-10(16)12-6-1-3-7(4-2-6)17-5-8(13)14/h1-4H,5H2,(H2,11,15)(H,12,16)(H,13,14). The van der Waals surface area contributed by atoms with Crippen molar-refractivity contribution in [2.45, 2.75) is 0 Å². The van der Waals surface area contributed by atoms with Crippen molar-refractivity contribution < 1.29 is 24.2 Å². The predicted octanol–water partition coefficient (Wildman–Crippen LogP) is 1.49. The minimum absolute atomic E-state index is 0.348. The van der Waals surface area contributed by atoms with E-state index < -0.39 is 23.1 Å². The van der Waals surface area contributed by atoms with E-state index in [1.165, 1.54) is 24.3 Å². The molecule has 1 rings (SSSR count). The van der Waals surface area contributed by atoms with Gasteiger partial charge in [0.25, 0.3) is 10.5 Å². The van der Waals surface area contributed by atoms with Crippen molar-refractivity contribution in [3.63, 3.8) is 0 Å². The van der Waals surface area contributed by atoms with Gasteiger partial charge in [-0.05, 0) is 24.3 Å². The van der Waals surface area contributed by atoms with Crippen molar-refractivity contribution in [3.8, 4) is 5.75 Å². The molecule has 0 fully saturated rings. The number of amides is 2. The minimum Gasteiger partial charge on any atom is -0.482 e. The van der Waals surface area contributed by atoms with Crippen LogP contribution in [0.2, 0.25) is 0 Å². The number of anilines is 1. The van der Waals surface area contributed by atoms with Crippen LogP contribution in [-0.2, 0) is 4.79 Å². The third-order valence-electron chi connectivity index (χ3n) is 1.66. The number of nitrogens with one attached hydrogen (secondary N) is 1. The maximum absolute atomic E-state index is 11.2. The van der Waals surface area contributed by atoms with Crippen LogP contribution < -0.4 is 15.8 Å². The summed E-state index contributed by atoms with van der Waals surface area (Å²) in [6, 6.07) is 6.01. The summed E-state index contributed by atoms with van der Waals surface area (Å²) < 4.78 is 4.90.